The van der Waals surface area contributed by atoms with Crippen molar-refractivity contribution in [2.45, 2.75) is 19.0 Å². The lowest BCUT2D eigenvalue weighted by atomic mass is 10.1. The highest BCUT2D eigenvalue weighted by atomic mass is 19.4. The summed E-state index contributed by atoms with van der Waals surface area (Å²) >= 11 is 0. The van der Waals surface area contributed by atoms with Crippen molar-refractivity contribution in [1.82, 2.24) is 4.98 Å². The van der Waals surface area contributed by atoms with Crippen LogP contribution in [0.1, 0.15) is 12.0 Å². The molecule has 0 atom stereocenters. The van der Waals surface area contributed by atoms with Gasteiger partial charge < -0.3 is 10.0 Å². The van der Waals surface area contributed by atoms with Crippen molar-refractivity contribution in [3.63, 3.8) is 0 Å². The second kappa shape index (κ2) is 5.51. The molecule has 1 aromatic heterocycles. The minimum Gasteiger partial charge on any atom is -0.508 e. The van der Waals surface area contributed by atoms with Gasteiger partial charge in [0.1, 0.15) is 11.6 Å². The lowest BCUT2D eigenvalue weighted by molar-refractivity contribution is -0.132. The molecule has 0 bridgehead atoms. The van der Waals surface area contributed by atoms with Crippen LogP contribution in [0.5, 0.6) is 5.75 Å². The molecule has 0 saturated heterocycles. The van der Waals surface area contributed by atoms with Crippen molar-refractivity contribution < 1.29 is 18.3 Å². The molecule has 6 heteroatoms. The summed E-state index contributed by atoms with van der Waals surface area (Å²) in [5, 5.41) is 9.30. The molecule has 0 radical (unpaired) electrons. The monoisotopic (exact) mass is 308 g/mol. The molecule has 1 N–H and O–H groups in total. The van der Waals surface area contributed by atoms with Crippen LogP contribution in [0.4, 0.5) is 19.0 Å². The van der Waals surface area contributed by atoms with Gasteiger partial charge in [-0.2, -0.15) is 13.2 Å². The van der Waals surface area contributed by atoms with Gasteiger partial charge >= 0.3 is 6.18 Å². The van der Waals surface area contributed by atoms with E-state index in [1.54, 1.807) is 35.4 Å². The summed E-state index contributed by atoms with van der Waals surface area (Å²) in [7, 11) is 0. The number of fused-ring (bicyclic) bond motifs is 1. The van der Waals surface area contributed by atoms with Crippen LogP contribution in [0.2, 0.25) is 0 Å². The molecule has 0 spiro atoms. The zero-order chi connectivity index (χ0) is 15.7. The van der Waals surface area contributed by atoms with Crippen molar-refractivity contribution in [3.05, 3.63) is 42.1 Å². The largest absolute Gasteiger partial charge is 0.508 e. The molecule has 0 amide bonds. The van der Waals surface area contributed by atoms with E-state index in [0.717, 1.165) is 16.7 Å². The predicted molar refractivity (Wildman–Crippen MR) is 77.9 cm³/mol. The molecule has 0 unspecified atom stereocenters. The maximum absolute atomic E-state index is 12.3. The molecule has 1 aliphatic heterocycles. The third-order valence-electron chi connectivity index (χ3n) is 3.76. The number of nitrogens with zero attached hydrogens (tertiary/aromatic N) is 2. The van der Waals surface area contributed by atoms with Gasteiger partial charge in [-0.05, 0) is 35.7 Å². The highest BCUT2D eigenvalue weighted by molar-refractivity contribution is 5.67. The second-order valence-electron chi connectivity index (χ2n) is 5.36. The Bertz CT molecular complexity index is 668. The van der Waals surface area contributed by atoms with E-state index in [2.05, 4.69) is 4.98 Å². The van der Waals surface area contributed by atoms with Gasteiger partial charge in [0.05, 0.1) is 6.42 Å². The summed E-state index contributed by atoms with van der Waals surface area (Å²) in [6.45, 7) is 0.513. The van der Waals surface area contributed by atoms with Gasteiger partial charge in [-0.3, -0.25) is 0 Å². The summed E-state index contributed by atoms with van der Waals surface area (Å²) in [5.74, 6) is 0.836. The van der Waals surface area contributed by atoms with Gasteiger partial charge in [0, 0.05) is 24.8 Å². The zero-order valence-corrected chi connectivity index (χ0v) is 11.8. The summed E-state index contributed by atoms with van der Waals surface area (Å²) in [4.78, 5) is 6.02. The number of benzene rings is 1. The predicted octanol–water partition coefficient (Wildman–Crippen LogP) is 3.77. The first-order chi connectivity index (χ1) is 10.4. The quantitative estimate of drug-likeness (QED) is 0.937. The average molecular weight is 308 g/mol. The second-order valence-corrected chi connectivity index (χ2v) is 5.36. The Balaban J connectivity index is 1.79. The Labute approximate surface area is 126 Å². The first-order valence-corrected chi connectivity index (χ1v) is 7.02. The van der Waals surface area contributed by atoms with E-state index < -0.39 is 12.6 Å². The maximum Gasteiger partial charge on any atom is 0.390 e. The van der Waals surface area contributed by atoms with Crippen molar-refractivity contribution in [1.29, 1.82) is 0 Å². The summed E-state index contributed by atoms with van der Waals surface area (Å²) in [6, 6.07) is 8.73. The fraction of sp³-hybridized carbons (Fsp3) is 0.312. The Morgan fingerprint density at radius 1 is 1.14 bits per heavy atom. The number of aromatic hydroxyl groups is 1. The number of alkyl halides is 3. The maximum atomic E-state index is 12.3. The Morgan fingerprint density at radius 3 is 2.55 bits per heavy atom. The van der Waals surface area contributed by atoms with E-state index in [1.165, 1.54) is 0 Å². The van der Waals surface area contributed by atoms with E-state index in [0.29, 0.717) is 18.8 Å². The molecule has 3 nitrogen and oxygen atoms in total. The fourth-order valence-corrected chi connectivity index (χ4v) is 2.62. The van der Waals surface area contributed by atoms with E-state index in [9.17, 15) is 18.3 Å². The van der Waals surface area contributed by atoms with Gasteiger partial charge in [0.25, 0.3) is 0 Å². The number of phenolic OH excluding ortho intramolecular Hbond substituents is 1. The number of hydrogen-bond acceptors (Lipinski definition) is 3. The van der Waals surface area contributed by atoms with Gasteiger partial charge in [0.15, 0.2) is 0 Å². The van der Waals surface area contributed by atoms with Gasteiger partial charge in [-0.25, -0.2) is 4.98 Å². The normalized spacial score (nSPS) is 14.2. The van der Waals surface area contributed by atoms with Gasteiger partial charge in [-0.1, -0.05) is 12.1 Å². The topological polar surface area (TPSA) is 36.4 Å². The van der Waals surface area contributed by atoms with Crippen molar-refractivity contribution in [2.75, 3.05) is 18.0 Å². The number of aromatic nitrogens is 1. The molecule has 0 aliphatic carbocycles. The number of rotatable bonds is 3. The highest BCUT2D eigenvalue weighted by Crippen LogP contribution is 2.31. The van der Waals surface area contributed by atoms with Crippen molar-refractivity contribution >= 4 is 5.82 Å². The number of pyridine rings is 1. The van der Waals surface area contributed by atoms with E-state index in [4.69, 9.17) is 0 Å². The number of halogens is 3. The molecule has 116 valence electrons. The van der Waals surface area contributed by atoms with Crippen LogP contribution in [0.15, 0.2) is 36.5 Å². The lowest BCUT2D eigenvalue weighted by Gasteiger charge is -2.19. The highest BCUT2D eigenvalue weighted by Gasteiger charge is 2.30. The molecule has 1 aliphatic rings. The molecule has 1 aromatic carbocycles. The molecular weight excluding hydrogens is 293 g/mol. The summed E-state index contributed by atoms with van der Waals surface area (Å²) < 4.78 is 37.0. The van der Waals surface area contributed by atoms with Gasteiger partial charge in [-0.15, -0.1) is 0 Å². The molecule has 0 fully saturated rings. The minimum atomic E-state index is -4.14. The van der Waals surface area contributed by atoms with Crippen LogP contribution >= 0.6 is 0 Å². The molecule has 3 rings (SSSR count). The lowest BCUT2D eigenvalue weighted by Crippen LogP contribution is -2.26. The number of phenols is 1. The minimum absolute atomic E-state index is 0.0535. The third-order valence-corrected chi connectivity index (χ3v) is 3.76. The van der Waals surface area contributed by atoms with Crippen molar-refractivity contribution in [2.24, 2.45) is 0 Å². The average Bonchev–Trinajstić information content (AvgIpc) is 2.87. The number of anilines is 1. The summed E-state index contributed by atoms with van der Waals surface area (Å²) in [5.41, 5.74) is 2.78. The summed E-state index contributed by atoms with van der Waals surface area (Å²) in [6.07, 6.45) is -2.61. The number of hydrogen-bond donors (Lipinski definition) is 1. The van der Waals surface area contributed by atoms with Crippen LogP contribution in [0.3, 0.4) is 0 Å². The van der Waals surface area contributed by atoms with Gasteiger partial charge in [0.2, 0.25) is 0 Å². The zero-order valence-electron chi connectivity index (χ0n) is 11.8. The smallest absolute Gasteiger partial charge is 0.390 e. The molecule has 2 heterocycles. The molecule has 22 heavy (non-hydrogen) atoms. The van der Waals surface area contributed by atoms with Crippen LogP contribution in [-0.4, -0.2) is 29.4 Å². The van der Waals surface area contributed by atoms with Crippen molar-refractivity contribution in [3.8, 4) is 16.9 Å². The Hall–Kier alpha value is -2.24. The molecule has 0 saturated carbocycles. The molecular formula is C16H15F3N2O. The first-order valence-electron chi connectivity index (χ1n) is 7.02. The van der Waals surface area contributed by atoms with Crippen LogP contribution < -0.4 is 4.90 Å². The molecule has 2 aromatic rings. The van der Waals surface area contributed by atoms with Crippen LogP contribution in [-0.2, 0) is 6.42 Å². The van der Waals surface area contributed by atoms with E-state index >= 15 is 0 Å². The Morgan fingerprint density at radius 2 is 1.86 bits per heavy atom. The van der Waals surface area contributed by atoms with Crippen LogP contribution in [0.25, 0.3) is 11.1 Å². The fourth-order valence-electron chi connectivity index (χ4n) is 2.62. The third kappa shape index (κ3) is 3.16. The van der Waals surface area contributed by atoms with E-state index in [-0.39, 0.29) is 12.3 Å². The standard InChI is InChI=1S/C16H15F3N2O/c17-16(18,19)6-8-21-7-5-12-9-13(10-20-15(12)21)11-1-3-14(22)4-2-11/h1-4,9-10,22H,5-8H2. The Kier molecular flexibility index (Phi) is 3.68. The first kappa shape index (κ1) is 14.7. The van der Waals surface area contributed by atoms with Crippen LogP contribution in [0, 0.1) is 0 Å². The van der Waals surface area contributed by atoms with E-state index in [1.807, 2.05) is 6.07 Å². The SMILES string of the molecule is Oc1ccc(-c2cnc3c(c2)CCN3CCC(F)(F)F)cc1.